The molecule has 0 heterocycles. The minimum absolute atomic E-state index is 0.137. The van der Waals surface area contributed by atoms with Crippen molar-refractivity contribution in [2.75, 3.05) is 5.38 Å². The summed E-state index contributed by atoms with van der Waals surface area (Å²) in [6.07, 6.45) is 0. The molecule has 0 fully saturated rings. The van der Waals surface area contributed by atoms with Gasteiger partial charge in [0.05, 0.1) is 9.52 Å². The number of rotatable bonds is 4. The molecule has 0 bridgehead atoms. The van der Waals surface area contributed by atoms with Crippen molar-refractivity contribution >= 4 is 26.5 Å². The van der Waals surface area contributed by atoms with Crippen LogP contribution in [0.2, 0.25) is 0 Å². The molecule has 1 N–H and O–H groups in total. The highest BCUT2D eigenvalue weighted by molar-refractivity contribution is 8.00. The summed E-state index contributed by atoms with van der Waals surface area (Å²) < 4.78 is 0. The third-order valence-corrected chi connectivity index (χ3v) is 7.81. The molecule has 1 nitrogen and oxygen atoms in total. The van der Waals surface area contributed by atoms with Gasteiger partial charge >= 0.3 is 0 Å². The number of hydrogen-bond donors (Lipinski definition) is 1. The standard InChI is InChI=1S/C24H34OSSi/c1-15-13-19(16(2)17(3)22(15)25)26-14-27-20-12-10-11-18(23(4,5)6)21(20)24(7,8)9/h10-13,25H,14H2,1-9H3. The molecule has 0 spiro atoms. The van der Waals surface area contributed by atoms with Crippen molar-refractivity contribution in [2.24, 2.45) is 0 Å². The van der Waals surface area contributed by atoms with Gasteiger partial charge in [-0.3, -0.25) is 0 Å². The molecule has 2 radical (unpaired) electrons. The fourth-order valence-electron chi connectivity index (χ4n) is 3.51. The van der Waals surface area contributed by atoms with E-state index in [1.807, 2.05) is 25.6 Å². The van der Waals surface area contributed by atoms with Crippen LogP contribution in [0.15, 0.2) is 29.2 Å². The van der Waals surface area contributed by atoms with Crippen LogP contribution < -0.4 is 5.19 Å². The lowest BCUT2D eigenvalue weighted by Crippen LogP contribution is -2.33. The smallest absolute Gasteiger partial charge is 0.121 e. The zero-order valence-corrected chi connectivity index (χ0v) is 20.2. The Morgan fingerprint density at radius 3 is 2.11 bits per heavy atom. The predicted octanol–water partition coefficient (Wildman–Crippen LogP) is 5.99. The maximum atomic E-state index is 10.1. The summed E-state index contributed by atoms with van der Waals surface area (Å²) in [6, 6.07) is 8.97. The molecule has 2 aromatic rings. The Morgan fingerprint density at radius 2 is 1.56 bits per heavy atom. The summed E-state index contributed by atoms with van der Waals surface area (Å²) in [5.74, 6) is 0.437. The first-order valence-electron chi connectivity index (χ1n) is 9.64. The average Bonchev–Trinajstić information content (AvgIpc) is 2.55. The second-order valence-corrected chi connectivity index (χ2v) is 12.3. The van der Waals surface area contributed by atoms with E-state index in [1.54, 1.807) is 0 Å². The van der Waals surface area contributed by atoms with E-state index in [9.17, 15) is 5.11 Å². The van der Waals surface area contributed by atoms with Crippen LogP contribution in [0, 0.1) is 20.8 Å². The Kier molecular flexibility index (Phi) is 6.58. The average molecular weight is 399 g/mol. The van der Waals surface area contributed by atoms with Crippen LogP contribution in [0.25, 0.3) is 0 Å². The number of phenols is 1. The van der Waals surface area contributed by atoms with E-state index in [0.29, 0.717) is 5.75 Å². The van der Waals surface area contributed by atoms with Crippen molar-refractivity contribution in [3.8, 4) is 5.75 Å². The van der Waals surface area contributed by atoms with Crippen molar-refractivity contribution in [3.05, 3.63) is 52.1 Å². The lowest BCUT2D eigenvalue weighted by molar-refractivity contribution is 0.465. The first-order chi connectivity index (χ1) is 12.3. The number of hydrogen-bond acceptors (Lipinski definition) is 2. The molecule has 0 atom stereocenters. The lowest BCUT2D eigenvalue weighted by Gasteiger charge is -2.32. The number of benzene rings is 2. The van der Waals surface area contributed by atoms with E-state index in [2.05, 4.69) is 72.7 Å². The molecule has 27 heavy (non-hydrogen) atoms. The minimum Gasteiger partial charge on any atom is -0.507 e. The second-order valence-electron chi connectivity index (χ2n) is 9.48. The molecule has 146 valence electrons. The molecular formula is C24H34OSSi. The van der Waals surface area contributed by atoms with Crippen LogP contribution in [-0.4, -0.2) is 20.0 Å². The van der Waals surface area contributed by atoms with E-state index in [4.69, 9.17) is 0 Å². The highest BCUT2D eigenvalue weighted by Gasteiger charge is 2.27. The molecule has 2 aromatic carbocycles. The van der Waals surface area contributed by atoms with Gasteiger partial charge in [-0.05, 0) is 70.9 Å². The van der Waals surface area contributed by atoms with Crippen LogP contribution in [0.4, 0.5) is 0 Å². The third kappa shape index (κ3) is 5.00. The molecule has 0 saturated heterocycles. The summed E-state index contributed by atoms with van der Waals surface area (Å²) in [5, 5.41) is 12.7. The minimum atomic E-state index is 0.137. The summed E-state index contributed by atoms with van der Waals surface area (Å²) in [5.41, 5.74) is 6.45. The van der Waals surface area contributed by atoms with Crippen molar-refractivity contribution < 1.29 is 5.11 Å². The second kappa shape index (κ2) is 8.04. The number of thioether (sulfide) groups is 1. The summed E-state index contributed by atoms with van der Waals surface area (Å²) in [6.45, 7) is 20.0. The van der Waals surface area contributed by atoms with Crippen molar-refractivity contribution in [1.29, 1.82) is 0 Å². The van der Waals surface area contributed by atoms with Crippen LogP contribution in [0.3, 0.4) is 0 Å². The number of phenolic OH excluding ortho intramolecular Hbond substituents is 1. The van der Waals surface area contributed by atoms with Crippen molar-refractivity contribution in [2.45, 2.75) is 78.0 Å². The van der Waals surface area contributed by atoms with Crippen LogP contribution in [0.5, 0.6) is 5.75 Å². The Labute approximate surface area is 172 Å². The maximum Gasteiger partial charge on any atom is 0.121 e. The van der Waals surface area contributed by atoms with E-state index < -0.39 is 0 Å². The van der Waals surface area contributed by atoms with Gasteiger partial charge < -0.3 is 5.11 Å². The van der Waals surface area contributed by atoms with Gasteiger partial charge in [-0.1, -0.05) is 64.9 Å². The summed E-state index contributed by atoms with van der Waals surface area (Å²) in [4.78, 5) is 1.29. The first kappa shape index (κ1) is 22.1. The molecule has 3 heteroatoms. The molecule has 0 aliphatic rings. The summed E-state index contributed by atoms with van der Waals surface area (Å²) in [7, 11) is 0.766. The highest BCUT2D eigenvalue weighted by atomic mass is 32.2. The Bertz CT molecular complexity index is 826. The molecule has 0 aliphatic heterocycles. The Balaban J connectivity index is 2.30. The van der Waals surface area contributed by atoms with Gasteiger partial charge in [0.25, 0.3) is 0 Å². The normalized spacial score (nSPS) is 12.5. The number of aromatic hydroxyl groups is 1. The van der Waals surface area contributed by atoms with Gasteiger partial charge in [0.1, 0.15) is 5.75 Å². The molecule has 0 aliphatic carbocycles. The van der Waals surface area contributed by atoms with E-state index >= 15 is 0 Å². The number of aryl methyl sites for hydroxylation is 1. The zero-order valence-electron chi connectivity index (χ0n) is 18.4. The molecular weight excluding hydrogens is 364 g/mol. The topological polar surface area (TPSA) is 20.2 Å². The van der Waals surface area contributed by atoms with Gasteiger partial charge in [0.2, 0.25) is 0 Å². The van der Waals surface area contributed by atoms with Crippen LogP contribution >= 0.6 is 11.8 Å². The molecule has 0 aromatic heterocycles. The van der Waals surface area contributed by atoms with E-state index in [0.717, 1.165) is 26.0 Å². The summed E-state index contributed by atoms with van der Waals surface area (Å²) >= 11 is 1.91. The van der Waals surface area contributed by atoms with Gasteiger partial charge in [0.15, 0.2) is 0 Å². The highest BCUT2D eigenvalue weighted by Crippen LogP contribution is 2.34. The van der Waals surface area contributed by atoms with Gasteiger partial charge in [0, 0.05) is 4.90 Å². The quantitative estimate of drug-likeness (QED) is 0.504. The fourth-order valence-corrected chi connectivity index (χ4v) is 6.57. The van der Waals surface area contributed by atoms with Gasteiger partial charge in [-0.25, -0.2) is 0 Å². The molecule has 0 saturated carbocycles. The van der Waals surface area contributed by atoms with Gasteiger partial charge in [-0.2, -0.15) is 0 Å². The monoisotopic (exact) mass is 398 g/mol. The molecule has 0 unspecified atom stereocenters. The first-order valence-corrected chi connectivity index (χ1v) is 11.8. The largest absolute Gasteiger partial charge is 0.507 e. The third-order valence-electron chi connectivity index (χ3n) is 5.12. The maximum absolute atomic E-state index is 10.1. The fraction of sp³-hybridized carbons (Fsp3) is 0.500. The van der Waals surface area contributed by atoms with Crippen molar-refractivity contribution in [3.63, 3.8) is 0 Å². The predicted molar refractivity (Wildman–Crippen MR) is 122 cm³/mol. The van der Waals surface area contributed by atoms with Crippen molar-refractivity contribution in [1.82, 2.24) is 0 Å². The SMILES string of the molecule is Cc1cc(SC[Si]c2cccc(C(C)(C)C)c2C(C)(C)C)c(C)c(C)c1O. The lowest BCUT2D eigenvalue weighted by atomic mass is 9.75. The van der Waals surface area contributed by atoms with Crippen LogP contribution in [-0.2, 0) is 10.8 Å². The zero-order chi connectivity index (χ0) is 20.6. The van der Waals surface area contributed by atoms with E-state index in [1.165, 1.54) is 26.8 Å². The molecule has 2 rings (SSSR count). The Hall–Kier alpha value is -1.19. The van der Waals surface area contributed by atoms with Gasteiger partial charge in [-0.15, -0.1) is 11.8 Å². The van der Waals surface area contributed by atoms with Crippen LogP contribution in [0.1, 0.15) is 69.4 Å². The Morgan fingerprint density at radius 1 is 0.926 bits per heavy atom. The molecule has 0 amide bonds. The van der Waals surface area contributed by atoms with E-state index in [-0.39, 0.29) is 10.8 Å².